The molecule has 0 amide bonds. The van der Waals surface area contributed by atoms with Gasteiger partial charge < -0.3 is 14.4 Å². The van der Waals surface area contributed by atoms with Gasteiger partial charge in [-0.25, -0.2) is 0 Å². The molecular weight excluding hydrogens is 438 g/mol. The fraction of sp³-hybridized carbons (Fsp3) is 0.867. The average Bonchev–Trinajstić information content (AvgIpc) is 2.82. The maximum atomic E-state index is 12.2. The topological polar surface area (TPSA) is 55.8 Å². The first-order valence-corrected chi connectivity index (χ1v) is 14.6. The van der Waals surface area contributed by atoms with Gasteiger partial charge >= 0.3 is 11.9 Å². The Morgan fingerprint density at radius 2 is 1.26 bits per heavy atom. The van der Waals surface area contributed by atoms with Crippen LogP contribution >= 0.6 is 0 Å². The molecule has 0 aromatic heterocycles. The summed E-state index contributed by atoms with van der Waals surface area (Å²) in [4.78, 5) is 26.0. The molecule has 0 bridgehead atoms. The highest BCUT2D eigenvalue weighted by Crippen LogP contribution is 2.17. The lowest BCUT2D eigenvalue weighted by atomic mass is 10.0. The van der Waals surface area contributed by atoms with Gasteiger partial charge in [0.05, 0.1) is 0 Å². The van der Waals surface area contributed by atoms with Gasteiger partial charge in [-0.05, 0) is 65.6 Å². The molecule has 0 spiro atoms. The number of esters is 2. The van der Waals surface area contributed by atoms with Crippen molar-refractivity contribution in [2.45, 2.75) is 142 Å². The minimum atomic E-state index is -0.0722. The monoisotopic (exact) mass is 495 g/mol. The first kappa shape index (κ1) is 33.6. The van der Waals surface area contributed by atoms with E-state index >= 15 is 0 Å². The van der Waals surface area contributed by atoms with E-state index in [2.05, 4.69) is 24.8 Å². The van der Waals surface area contributed by atoms with Crippen molar-refractivity contribution < 1.29 is 19.1 Å². The van der Waals surface area contributed by atoms with Crippen molar-refractivity contribution in [3.05, 3.63) is 12.2 Å². The van der Waals surface area contributed by atoms with Crippen molar-refractivity contribution in [2.24, 2.45) is 0 Å². The average molecular weight is 496 g/mol. The molecule has 0 N–H and O–H groups in total. The third kappa shape index (κ3) is 25.5. The number of carbonyl (C=O) groups excluding carboxylic acids is 2. The molecule has 0 heterocycles. The van der Waals surface area contributed by atoms with E-state index in [-0.39, 0.29) is 18.0 Å². The largest absolute Gasteiger partial charge is 0.462 e. The van der Waals surface area contributed by atoms with Crippen LogP contribution in [0.25, 0.3) is 0 Å². The first-order chi connectivity index (χ1) is 17.0. The fourth-order valence-corrected chi connectivity index (χ4v) is 4.09. The number of hydrogen-bond acceptors (Lipinski definition) is 5. The van der Waals surface area contributed by atoms with Crippen molar-refractivity contribution in [1.82, 2.24) is 4.90 Å². The summed E-state index contributed by atoms with van der Waals surface area (Å²) in [5, 5.41) is 0. The van der Waals surface area contributed by atoms with Crippen LogP contribution in [0.1, 0.15) is 136 Å². The number of unbranched alkanes of at least 4 members (excludes halogenated alkanes) is 11. The van der Waals surface area contributed by atoms with Crippen molar-refractivity contribution in [2.75, 3.05) is 27.2 Å². The van der Waals surface area contributed by atoms with Crippen LogP contribution in [0.3, 0.4) is 0 Å². The van der Waals surface area contributed by atoms with Crippen molar-refractivity contribution in [3.63, 3.8) is 0 Å². The first-order valence-electron chi connectivity index (χ1n) is 14.6. The maximum absolute atomic E-state index is 12.2. The third-order valence-electron chi connectivity index (χ3n) is 6.30. The summed E-state index contributed by atoms with van der Waals surface area (Å²) < 4.78 is 11.1. The predicted molar refractivity (Wildman–Crippen MR) is 148 cm³/mol. The molecular formula is C30H57NO4. The molecule has 0 saturated heterocycles. The molecule has 5 heteroatoms. The Morgan fingerprint density at radius 1 is 0.686 bits per heavy atom. The Hall–Kier alpha value is -1.36. The molecule has 206 valence electrons. The molecule has 0 aromatic rings. The van der Waals surface area contributed by atoms with E-state index in [1.807, 2.05) is 20.2 Å². The summed E-state index contributed by atoms with van der Waals surface area (Å²) in [6, 6.07) is 0. The Labute approximate surface area is 217 Å². The van der Waals surface area contributed by atoms with Crippen LogP contribution in [0.5, 0.6) is 0 Å². The third-order valence-corrected chi connectivity index (χ3v) is 6.30. The van der Waals surface area contributed by atoms with Gasteiger partial charge in [0.2, 0.25) is 0 Å². The zero-order chi connectivity index (χ0) is 26.0. The SMILES string of the molecule is CCCCC=CCOC(=O)CCCCCCCCCCC(CCCCC)OC(=O)CCCN(C)C. The normalized spacial score (nSPS) is 12.4. The summed E-state index contributed by atoms with van der Waals surface area (Å²) in [7, 11) is 4.07. The number of allylic oxidation sites excluding steroid dienone is 1. The Morgan fingerprint density at radius 3 is 1.89 bits per heavy atom. The molecule has 0 aliphatic carbocycles. The summed E-state index contributed by atoms with van der Waals surface area (Å²) in [5.74, 6) is -0.0994. The van der Waals surface area contributed by atoms with E-state index in [0.717, 1.165) is 57.9 Å². The highest BCUT2D eigenvalue weighted by Gasteiger charge is 2.14. The zero-order valence-electron chi connectivity index (χ0n) is 23.7. The predicted octanol–water partition coefficient (Wildman–Crippen LogP) is 8.01. The van der Waals surface area contributed by atoms with Crippen molar-refractivity contribution in [1.29, 1.82) is 0 Å². The van der Waals surface area contributed by atoms with Crippen LogP contribution in [-0.2, 0) is 19.1 Å². The molecule has 0 aromatic carbocycles. The van der Waals surface area contributed by atoms with Gasteiger partial charge in [0.25, 0.3) is 0 Å². The number of ether oxygens (including phenoxy) is 2. The lowest BCUT2D eigenvalue weighted by molar-refractivity contribution is -0.150. The second-order valence-corrected chi connectivity index (χ2v) is 10.2. The van der Waals surface area contributed by atoms with Gasteiger partial charge in [-0.2, -0.15) is 0 Å². The van der Waals surface area contributed by atoms with Gasteiger partial charge in [0.1, 0.15) is 12.7 Å². The van der Waals surface area contributed by atoms with E-state index < -0.39 is 0 Å². The Kier molecular flexibility index (Phi) is 24.7. The smallest absolute Gasteiger partial charge is 0.306 e. The maximum Gasteiger partial charge on any atom is 0.306 e. The van der Waals surface area contributed by atoms with E-state index in [4.69, 9.17) is 9.47 Å². The van der Waals surface area contributed by atoms with Crippen LogP contribution in [0.4, 0.5) is 0 Å². The molecule has 0 aliphatic heterocycles. The minimum absolute atomic E-state index is 0.0272. The van der Waals surface area contributed by atoms with Gasteiger partial charge in [0, 0.05) is 12.8 Å². The molecule has 0 radical (unpaired) electrons. The number of nitrogens with zero attached hydrogens (tertiary/aromatic N) is 1. The van der Waals surface area contributed by atoms with Gasteiger partial charge in [-0.1, -0.05) is 90.2 Å². The molecule has 0 fully saturated rings. The highest BCUT2D eigenvalue weighted by atomic mass is 16.5. The van der Waals surface area contributed by atoms with Crippen LogP contribution in [0.2, 0.25) is 0 Å². The van der Waals surface area contributed by atoms with Crippen molar-refractivity contribution in [3.8, 4) is 0 Å². The number of hydrogen-bond donors (Lipinski definition) is 0. The summed E-state index contributed by atoms with van der Waals surface area (Å²) in [6.45, 7) is 5.73. The standard InChI is InChI=1S/C30H57NO4/c1-5-7-9-16-20-27-34-29(32)24-19-15-13-11-10-12-14-18-23-28(22-17-8-6-2)35-30(33)25-21-26-31(3)4/h16,20,28H,5-15,17-19,21-27H2,1-4H3. The van der Waals surface area contributed by atoms with Crippen LogP contribution in [0.15, 0.2) is 12.2 Å². The van der Waals surface area contributed by atoms with E-state index in [1.54, 1.807) is 0 Å². The zero-order valence-corrected chi connectivity index (χ0v) is 23.7. The fourth-order valence-electron chi connectivity index (χ4n) is 4.09. The lowest BCUT2D eigenvalue weighted by Crippen LogP contribution is -2.20. The minimum Gasteiger partial charge on any atom is -0.462 e. The van der Waals surface area contributed by atoms with Gasteiger partial charge in [-0.3, -0.25) is 9.59 Å². The molecule has 5 nitrogen and oxygen atoms in total. The van der Waals surface area contributed by atoms with Gasteiger partial charge in [-0.15, -0.1) is 0 Å². The van der Waals surface area contributed by atoms with Gasteiger partial charge in [0.15, 0.2) is 0 Å². The quantitative estimate of drug-likeness (QED) is 0.0729. The summed E-state index contributed by atoms with van der Waals surface area (Å²) in [5.41, 5.74) is 0. The molecule has 0 aliphatic rings. The van der Waals surface area contributed by atoms with E-state index in [9.17, 15) is 9.59 Å². The van der Waals surface area contributed by atoms with E-state index in [0.29, 0.717) is 19.4 Å². The Bertz CT molecular complexity index is 518. The Balaban J connectivity index is 3.75. The number of rotatable bonds is 25. The second kappa shape index (κ2) is 25.7. The summed E-state index contributed by atoms with van der Waals surface area (Å²) in [6.07, 6.45) is 24.4. The molecule has 35 heavy (non-hydrogen) atoms. The molecule has 1 unspecified atom stereocenters. The number of carbonyl (C=O) groups is 2. The molecule has 0 rings (SSSR count). The lowest BCUT2D eigenvalue weighted by Gasteiger charge is -2.18. The molecule has 0 saturated carbocycles. The van der Waals surface area contributed by atoms with Crippen LogP contribution in [-0.4, -0.2) is 50.2 Å². The van der Waals surface area contributed by atoms with Crippen LogP contribution in [0, 0.1) is 0 Å². The summed E-state index contributed by atoms with van der Waals surface area (Å²) >= 11 is 0. The highest BCUT2D eigenvalue weighted by molar-refractivity contribution is 5.69. The van der Waals surface area contributed by atoms with Crippen molar-refractivity contribution >= 4 is 11.9 Å². The van der Waals surface area contributed by atoms with Crippen LogP contribution < -0.4 is 0 Å². The van der Waals surface area contributed by atoms with E-state index in [1.165, 1.54) is 57.8 Å². The second-order valence-electron chi connectivity index (χ2n) is 10.2. The molecule has 1 atom stereocenters.